The van der Waals surface area contributed by atoms with Crippen LogP contribution in [-0.2, 0) is 18.9 Å². The van der Waals surface area contributed by atoms with E-state index in [-0.39, 0.29) is 28.8 Å². The maximum atomic E-state index is 6.28. The van der Waals surface area contributed by atoms with Gasteiger partial charge >= 0.3 is 0 Å². The molecule has 2 heterocycles. The van der Waals surface area contributed by atoms with E-state index in [1.54, 1.807) is 0 Å². The van der Waals surface area contributed by atoms with Gasteiger partial charge in [0.25, 0.3) is 0 Å². The van der Waals surface area contributed by atoms with E-state index in [9.17, 15) is 0 Å². The fourth-order valence-corrected chi connectivity index (χ4v) is 6.87. The number of allylic oxidation sites excluding steroid dienone is 4. The Labute approximate surface area is 162 Å². The van der Waals surface area contributed by atoms with Gasteiger partial charge in [0.1, 0.15) is 0 Å². The third-order valence-electron chi connectivity index (χ3n) is 8.58. The molecule has 6 unspecified atom stereocenters. The van der Waals surface area contributed by atoms with E-state index >= 15 is 0 Å². The predicted octanol–water partition coefficient (Wildman–Crippen LogP) is 3.92. The van der Waals surface area contributed by atoms with E-state index in [0.29, 0.717) is 38.3 Å². The van der Waals surface area contributed by atoms with Gasteiger partial charge in [-0.25, -0.2) is 0 Å². The van der Waals surface area contributed by atoms with Crippen LogP contribution in [0.1, 0.15) is 39.5 Å². The average Bonchev–Trinajstić information content (AvgIpc) is 3.40. The van der Waals surface area contributed by atoms with Crippen molar-refractivity contribution < 1.29 is 18.9 Å². The molecule has 0 aromatic carbocycles. The van der Waals surface area contributed by atoms with Crippen LogP contribution in [0.15, 0.2) is 24.3 Å². The maximum Gasteiger partial charge on any atom is 0.161 e. The van der Waals surface area contributed by atoms with Gasteiger partial charge in [-0.1, -0.05) is 38.2 Å². The Hall–Kier alpha value is -0.680. The molecule has 4 fully saturated rings. The Morgan fingerprint density at radius 3 is 1.37 bits per heavy atom. The normalized spacial score (nSPS) is 58.6. The minimum atomic E-state index is -0.129. The van der Waals surface area contributed by atoms with Crippen molar-refractivity contribution in [3.63, 3.8) is 0 Å². The predicted molar refractivity (Wildman–Crippen MR) is 101 cm³/mol. The molecule has 2 saturated carbocycles. The zero-order chi connectivity index (χ0) is 18.3. The quantitative estimate of drug-likeness (QED) is 0.689. The summed E-state index contributed by atoms with van der Waals surface area (Å²) in [4.78, 5) is 0. The summed E-state index contributed by atoms with van der Waals surface area (Å²) in [7, 11) is 0. The first-order valence-corrected chi connectivity index (χ1v) is 10.8. The molecule has 0 aromatic rings. The van der Waals surface area contributed by atoms with Crippen molar-refractivity contribution in [3.05, 3.63) is 24.3 Å². The van der Waals surface area contributed by atoms with Crippen LogP contribution >= 0.6 is 0 Å². The molecule has 4 bridgehead atoms. The molecule has 148 valence electrons. The van der Waals surface area contributed by atoms with E-state index in [2.05, 4.69) is 38.2 Å². The second-order valence-electron chi connectivity index (χ2n) is 10.8. The topological polar surface area (TPSA) is 36.9 Å². The standard InChI is InChI=1S/C23H32O4/c1-21-5-3-15(9-21)7-17(21)19-24-11-23(12-25-19)13-26-20(27-14-23)18-8-16-4-6-22(18,2)10-16/h3-6,15-20H,7-14H2,1-2H3. The van der Waals surface area contributed by atoms with E-state index in [0.717, 1.165) is 11.8 Å². The molecule has 2 aliphatic heterocycles. The number of ether oxygens (including phenoxy) is 4. The van der Waals surface area contributed by atoms with E-state index in [1.165, 1.54) is 25.7 Å². The molecule has 4 aliphatic carbocycles. The summed E-state index contributed by atoms with van der Waals surface area (Å²) in [6.45, 7) is 7.48. The number of fused-ring (bicyclic) bond motifs is 4. The van der Waals surface area contributed by atoms with E-state index in [1.807, 2.05) is 0 Å². The molecule has 1 spiro atoms. The lowest BCUT2D eigenvalue weighted by Gasteiger charge is -2.48. The summed E-state index contributed by atoms with van der Waals surface area (Å²) in [5.74, 6) is 2.43. The molecule has 2 saturated heterocycles. The zero-order valence-corrected chi connectivity index (χ0v) is 16.6. The van der Waals surface area contributed by atoms with Crippen LogP contribution in [0.25, 0.3) is 0 Å². The summed E-state index contributed by atoms with van der Waals surface area (Å²) in [5, 5.41) is 0. The van der Waals surface area contributed by atoms with Gasteiger partial charge in [0, 0.05) is 11.8 Å². The summed E-state index contributed by atoms with van der Waals surface area (Å²) in [6.07, 6.45) is 14.3. The number of hydrogen-bond donors (Lipinski definition) is 0. The Morgan fingerprint density at radius 1 is 0.667 bits per heavy atom. The molecule has 4 heteroatoms. The highest BCUT2D eigenvalue weighted by Gasteiger charge is 2.54. The van der Waals surface area contributed by atoms with Gasteiger partial charge < -0.3 is 18.9 Å². The SMILES string of the molecule is CC12C=CC(CC1C1OCC3(CO1)COC(C1CC4C=CC1(C)C4)OC3)C2. The highest BCUT2D eigenvalue weighted by atomic mass is 16.7. The summed E-state index contributed by atoms with van der Waals surface area (Å²) >= 11 is 0. The van der Waals surface area contributed by atoms with Gasteiger partial charge in [0.05, 0.1) is 31.8 Å². The Kier molecular flexibility index (Phi) is 3.62. The van der Waals surface area contributed by atoms with Crippen molar-refractivity contribution in [3.8, 4) is 0 Å². The fraction of sp³-hybridized carbons (Fsp3) is 0.826. The van der Waals surface area contributed by atoms with Crippen LogP contribution in [-0.4, -0.2) is 39.0 Å². The highest BCUT2D eigenvalue weighted by molar-refractivity contribution is 5.19. The average molecular weight is 373 g/mol. The third kappa shape index (κ3) is 2.56. The third-order valence-corrected chi connectivity index (χ3v) is 8.58. The molecule has 0 aromatic heterocycles. The van der Waals surface area contributed by atoms with Crippen molar-refractivity contribution >= 4 is 0 Å². The highest BCUT2D eigenvalue weighted by Crippen LogP contribution is 2.57. The summed E-state index contributed by atoms with van der Waals surface area (Å²) < 4.78 is 25.1. The van der Waals surface area contributed by atoms with Gasteiger partial charge in [-0.15, -0.1) is 0 Å². The lowest BCUT2D eigenvalue weighted by Crippen LogP contribution is -2.55. The molecule has 27 heavy (non-hydrogen) atoms. The number of rotatable bonds is 2. The Balaban J connectivity index is 1.07. The molecular weight excluding hydrogens is 340 g/mol. The minimum absolute atomic E-state index is 0.0667. The van der Waals surface area contributed by atoms with Crippen LogP contribution in [0.4, 0.5) is 0 Å². The summed E-state index contributed by atoms with van der Waals surface area (Å²) in [5.41, 5.74) is 0.389. The minimum Gasteiger partial charge on any atom is -0.351 e. The smallest absolute Gasteiger partial charge is 0.161 e. The second-order valence-corrected chi connectivity index (χ2v) is 10.8. The molecule has 0 N–H and O–H groups in total. The van der Waals surface area contributed by atoms with Crippen LogP contribution in [0.3, 0.4) is 0 Å². The van der Waals surface area contributed by atoms with Crippen LogP contribution in [0, 0.1) is 39.9 Å². The molecule has 4 nitrogen and oxygen atoms in total. The first-order valence-electron chi connectivity index (χ1n) is 10.8. The molecule has 6 atom stereocenters. The molecule has 0 radical (unpaired) electrons. The summed E-state index contributed by atoms with van der Waals surface area (Å²) in [6, 6.07) is 0. The first-order chi connectivity index (χ1) is 13.0. The number of hydrogen-bond acceptors (Lipinski definition) is 4. The molecular formula is C23H32O4. The van der Waals surface area contributed by atoms with Crippen molar-refractivity contribution in [2.24, 2.45) is 39.9 Å². The molecule has 0 amide bonds. The van der Waals surface area contributed by atoms with E-state index in [4.69, 9.17) is 18.9 Å². The van der Waals surface area contributed by atoms with Crippen LogP contribution < -0.4 is 0 Å². The van der Waals surface area contributed by atoms with Gasteiger partial charge in [-0.3, -0.25) is 0 Å². The maximum absolute atomic E-state index is 6.28. The largest absolute Gasteiger partial charge is 0.351 e. The van der Waals surface area contributed by atoms with Crippen molar-refractivity contribution in [1.29, 1.82) is 0 Å². The van der Waals surface area contributed by atoms with Crippen LogP contribution in [0.5, 0.6) is 0 Å². The van der Waals surface area contributed by atoms with Gasteiger partial charge in [0.2, 0.25) is 0 Å². The van der Waals surface area contributed by atoms with Crippen LogP contribution in [0.2, 0.25) is 0 Å². The lowest BCUT2D eigenvalue weighted by molar-refractivity contribution is -0.325. The fourth-order valence-electron chi connectivity index (χ4n) is 6.87. The van der Waals surface area contributed by atoms with E-state index < -0.39 is 0 Å². The van der Waals surface area contributed by atoms with Gasteiger partial charge in [-0.05, 0) is 48.3 Å². The van der Waals surface area contributed by atoms with Crippen molar-refractivity contribution in [1.82, 2.24) is 0 Å². The monoisotopic (exact) mass is 372 g/mol. The van der Waals surface area contributed by atoms with Crippen molar-refractivity contribution in [2.75, 3.05) is 26.4 Å². The Morgan fingerprint density at radius 2 is 1.07 bits per heavy atom. The lowest BCUT2D eigenvalue weighted by atomic mass is 9.78. The zero-order valence-electron chi connectivity index (χ0n) is 16.6. The van der Waals surface area contributed by atoms with Crippen molar-refractivity contribution in [2.45, 2.75) is 52.1 Å². The molecule has 6 aliphatic rings. The van der Waals surface area contributed by atoms with Gasteiger partial charge in [0.15, 0.2) is 12.6 Å². The molecule has 6 rings (SSSR count). The first kappa shape index (κ1) is 17.2. The second kappa shape index (κ2) is 5.69. The Bertz CT molecular complexity index is 608. The van der Waals surface area contributed by atoms with Gasteiger partial charge in [-0.2, -0.15) is 0 Å².